The number of likely N-dealkylation sites (N-methyl/N-ethyl adjacent to an activating group) is 2. The van der Waals surface area contributed by atoms with Gasteiger partial charge in [-0.2, -0.15) is 0 Å². The summed E-state index contributed by atoms with van der Waals surface area (Å²) in [5, 5.41) is 2.41. The molecule has 3 aromatic carbocycles. The third-order valence-corrected chi connectivity index (χ3v) is 9.33. The number of allylic oxidation sites excluding steroid dienone is 2. The van der Waals surface area contributed by atoms with Crippen molar-refractivity contribution in [1.82, 2.24) is 4.58 Å². The number of ether oxygens (including phenoxy) is 1. The Bertz CT molecular complexity index is 1730. The van der Waals surface area contributed by atoms with Crippen molar-refractivity contribution in [3.8, 4) is 11.5 Å². The molecule has 0 saturated carbocycles. The molecule has 3 heterocycles. The highest BCUT2D eigenvalue weighted by Gasteiger charge is 2.35. The first-order valence-corrected chi connectivity index (χ1v) is 14.4. The highest BCUT2D eigenvalue weighted by molar-refractivity contribution is 5.92. The summed E-state index contributed by atoms with van der Waals surface area (Å²) in [5.74, 6) is 1.87. The average Bonchev–Trinajstić information content (AvgIpc) is 2.90. The topological polar surface area (TPSA) is 15.5 Å². The number of fused-ring (bicyclic) bond motifs is 4. The van der Waals surface area contributed by atoms with Gasteiger partial charge in [0.15, 0.2) is 5.54 Å². The summed E-state index contributed by atoms with van der Waals surface area (Å²) in [6.45, 7) is 15.9. The van der Waals surface area contributed by atoms with E-state index in [1.54, 1.807) is 0 Å². The smallest absolute Gasteiger partial charge is 0.211 e. The van der Waals surface area contributed by atoms with Crippen molar-refractivity contribution in [2.45, 2.75) is 72.4 Å². The molecule has 0 fully saturated rings. The Kier molecular flexibility index (Phi) is 5.73. The Hall–Kier alpha value is -3.59. The van der Waals surface area contributed by atoms with Crippen molar-refractivity contribution in [3.63, 3.8) is 0 Å². The van der Waals surface area contributed by atoms with Crippen LogP contribution in [0.15, 0.2) is 60.7 Å². The van der Waals surface area contributed by atoms with Gasteiger partial charge in [0, 0.05) is 60.1 Å². The fraction of sp³-hybridized carbons (Fsp3) is 0.361. The van der Waals surface area contributed by atoms with Gasteiger partial charge in [-0.3, -0.25) is 0 Å². The summed E-state index contributed by atoms with van der Waals surface area (Å²) in [7, 11) is 4.39. The van der Waals surface area contributed by atoms with Gasteiger partial charge in [0.25, 0.3) is 0 Å². The molecule has 3 heteroatoms. The summed E-state index contributed by atoms with van der Waals surface area (Å²) < 4.78 is 9.24. The lowest BCUT2D eigenvalue weighted by atomic mass is 9.83. The monoisotopic (exact) mass is 517 g/mol. The lowest BCUT2D eigenvalue weighted by Crippen LogP contribution is -2.47. The van der Waals surface area contributed by atoms with E-state index in [1.165, 1.54) is 60.8 Å². The minimum atomic E-state index is -0.0576. The minimum absolute atomic E-state index is 0.0576. The van der Waals surface area contributed by atoms with Crippen LogP contribution < -0.4 is 24.8 Å². The van der Waals surface area contributed by atoms with Crippen molar-refractivity contribution in [3.05, 3.63) is 99.1 Å². The first-order chi connectivity index (χ1) is 18.5. The molecule has 39 heavy (non-hydrogen) atoms. The Labute approximate surface area is 233 Å². The second-order valence-corrected chi connectivity index (χ2v) is 12.5. The molecule has 3 aromatic rings. The van der Waals surface area contributed by atoms with Crippen LogP contribution >= 0.6 is 0 Å². The summed E-state index contributed by atoms with van der Waals surface area (Å²) in [6, 6.07) is 18.1. The number of anilines is 1. The predicted octanol–water partition coefficient (Wildman–Crippen LogP) is 7.08. The van der Waals surface area contributed by atoms with Gasteiger partial charge < -0.3 is 9.64 Å². The molecule has 0 unspecified atom stereocenters. The van der Waals surface area contributed by atoms with Gasteiger partial charge in [-0.15, -0.1) is 0 Å². The number of benzene rings is 3. The van der Waals surface area contributed by atoms with Gasteiger partial charge >= 0.3 is 0 Å². The van der Waals surface area contributed by atoms with E-state index in [4.69, 9.17) is 4.74 Å². The molecule has 3 aliphatic heterocycles. The summed E-state index contributed by atoms with van der Waals surface area (Å²) in [4.78, 5) is 2.38. The van der Waals surface area contributed by atoms with E-state index in [1.807, 2.05) is 0 Å². The van der Waals surface area contributed by atoms with Crippen LogP contribution in [0.5, 0.6) is 11.5 Å². The maximum Gasteiger partial charge on any atom is 0.211 e. The zero-order valence-electron chi connectivity index (χ0n) is 25.0. The average molecular weight is 518 g/mol. The Morgan fingerprint density at radius 2 is 1.49 bits per heavy atom. The van der Waals surface area contributed by atoms with Crippen LogP contribution in [0, 0.1) is 6.92 Å². The second-order valence-electron chi connectivity index (χ2n) is 12.5. The van der Waals surface area contributed by atoms with Crippen LogP contribution in [0.4, 0.5) is 5.69 Å². The lowest BCUT2D eigenvalue weighted by Gasteiger charge is -2.41. The number of hydrogen-bond acceptors (Lipinski definition) is 2. The third kappa shape index (κ3) is 3.81. The largest absolute Gasteiger partial charge is 0.456 e. The van der Waals surface area contributed by atoms with Crippen LogP contribution in [-0.2, 0) is 0 Å². The summed E-state index contributed by atoms with van der Waals surface area (Å²) in [6.07, 6.45) is 6.86. The molecule has 3 aliphatic rings. The van der Waals surface area contributed by atoms with Crippen LogP contribution in [-0.4, -0.2) is 25.2 Å². The fourth-order valence-electron chi connectivity index (χ4n) is 6.58. The van der Waals surface area contributed by atoms with Crippen LogP contribution in [0.1, 0.15) is 82.2 Å². The first-order valence-electron chi connectivity index (χ1n) is 14.4. The highest BCUT2D eigenvalue weighted by atomic mass is 16.5. The number of aryl methyl sites for hydroxylation is 1. The molecule has 0 aromatic heterocycles. The molecule has 0 saturated heterocycles. The van der Waals surface area contributed by atoms with E-state index >= 15 is 0 Å². The Balaban J connectivity index is 1.75. The molecular formula is C36H41N2O+. The predicted molar refractivity (Wildman–Crippen MR) is 165 cm³/mol. The van der Waals surface area contributed by atoms with Crippen LogP contribution in [0.2, 0.25) is 0 Å². The van der Waals surface area contributed by atoms with Crippen molar-refractivity contribution >= 4 is 22.4 Å². The molecule has 0 atom stereocenters. The molecule has 6 rings (SSSR count). The maximum absolute atomic E-state index is 6.86. The Morgan fingerprint density at radius 3 is 2.18 bits per heavy atom. The van der Waals surface area contributed by atoms with E-state index in [0.717, 1.165) is 24.3 Å². The van der Waals surface area contributed by atoms with Gasteiger partial charge in [-0.25, -0.2) is 4.58 Å². The van der Waals surface area contributed by atoms with Gasteiger partial charge in [-0.05, 0) is 74.1 Å². The highest BCUT2D eigenvalue weighted by Crippen LogP contribution is 2.46. The van der Waals surface area contributed by atoms with E-state index in [0.29, 0.717) is 0 Å². The normalized spacial score (nSPS) is 18.3. The molecular weight excluding hydrogens is 476 g/mol. The quantitative estimate of drug-likeness (QED) is 0.270. The van der Waals surface area contributed by atoms with Crippen molar-refractivity contribution in [2.75, 3.05) is 19.0 Å². The SMILES string of the molecule is CCC1=CC(C)(C)N(C)c2cc3c(cc21)C(c1ccccc1C)=c1cc2c(cc1O3)=[N+](C)C(C)(C)C=C2CC. The van der Waals surface area contributed by atoms with E-state index in [-0.39, 0.29) is 11.1 Å². The molecule has 0 amide bonds. The summed E-state index contributed by atoms with van der Waals surface area (Å²) >= 11 is 0. The molecule has 200 valence electrons. The zero-order chi connectivity index (χ0) is 27.9. The van der Waals surface area contributed by atoms with Gasteiger partial charge in [0.2, 0.25) is 5.36 Å². The fourth-order valence-corrected chi connectivity index (χ4v) is 6.58. The van der Waals surface area contributed by atoms with Crippen LogP contribution in [0.3, 0.4) is 0 Å². The zero-order valence-corrected chi connectivity index (χ0v) is 25.0. The molecule has 0 spiro atoms. The van der Waals surface area contributed by atoms with E-state index < -0.39 is 0 Å². The van der Waals surface area contributed by atoms with Crippen molar-refractivity contribution < 1.29 is 4.74 Å². The molecule has 0 radical (unpaired) electrons. The van der Waals surface area contributed by atoms with Crippen molar-refractivity contribution in [2.24, 2.45) is 0 Å². The number of rotatable bonds is 3. The third-order valence-electron chi connectivity index (χ3n) is 9.33. The van der Waals surface area contributed by atoms with Crippen LogP contribution in [0.25, 0.3) is 16.7 Å². The minimum Gasteiger partial charge on any atom is -0.456 e. The number of hydrogen-bond donors (Lipinski definition) is 0. The standard InChI is InChI=1S/C36H41N2O/c1-10-23-20-35(4,5)37(8)30-18-32-28(16-26(23)30)34(25-15-13-12-14-22(25)3)29-17-27-24(11-2)21-36(6,7)38(9)31(27)19-33(29)39-32/h12-21H,10-11H2,1-9H3/q+1. The molecule has 0 N–H and O–H groups in total. The molecule has 0 bridgehead atoms. The second kappa shape index (κ2) is 8.71. The molecule has 0 aliphatic carbocycles. The Morgan fingerprint density at radius 1 is 0.795 bits per heavy atom. The molecule has 3 nitrogen and oxygen atoms in total. The first kappa shape index (κ1) is 25.7. The van der Waals surface area contributed by atoms with Gasteiger partial charge in [0.05, 0.1) is 11.6 Å². The maximum atomic E-state index is 6.86. The van der Waals surface area contributed by atoms with Gasteiger partial charge in [-0.1, -0.05) is 44.2 Å². The van der Waals surface area contributed by atoms with Gasteiger partial charge in [0.1, 0.15) is 18.5 Å². The number of nitrogens with zero attached hydrogens (tertiary/aromatic N) is 2. The lowest BCUT2D eigenvalue weighted by molar-refractivity contribution is 0.432. The van der Waals surface area contributed by atoms with E-state index in [2.05, 4.69) is 133 Å². The summed E-state index contributed by atoms with van der Waals surface area (Å²) in [5.41, 5.74) is 11.5. The van der Waals surface area contributed by atoms with Crippen molar-refractivity contribution in [1.29, 1.82) is 0 Å². The van der Waals surface area contributed by atoms with E-state index in [9.17, 15) is 0 Å².